The minimum absolute atomic E-state index is 0.190. The summed E-state index contributed by atoms with van der Waals surface area (Å²) < 4.78 is 11.3. The number of rotatable bonds is 8. The Kier molecular flexibility index (Phi) is 7.54. The van der Waals surface area contributed by atoms with Crippen LogP contribution >= 0.6 is 11.6 Å². The third-order valence-corrected chi connectivity index (χ3v) is 4.16. The summed E-state index contributed by atoms with van der Waals surface area (Å²) in [6.45, 7) is 5.03. The summed E-state index contributed by atoms with van der Waals surface area (Å²) in [6, 6.07) is 3.38. The van der Waals surface area contributed by atoms with Gasteiger partial charge in [0, 0.05) is 35.4 Å². The largest absolute Gasteiger partial charge is 0.370 e. The molecule has 0 fully saturated rings. The highest BCUT2D eigenvalue weighted by Crippen LogP contribution is 2.16. The molecule has 0 radical (unpaired) electrons. The molecule has 7 heteroatoms. The van der Waals surface area contributed by atoms with Gasteiger partial charge in [0.2, 0.25) is 0 Å². The lowest BCUT2D eigenvalue weighted by molar-refractivity contribution is 0.0951. The minimum atomic E-state index is -0.894. The summed E-state index contributed by atoms with van der Waals surface area (Å²) in [5.74, 6) is 1.31. The molecule has 0 bridgehead atoms. The standard InChI is InChI=1S/C13H20ClN3O2S/c1-3-7-15-11-6-5-10(14)12(17-11)13(18)16-8-9-20(19)4-2/h5-6H,3-4,7-9H2,1-2H3,(H,15,17)(H,16,18). The number of pyridine rings is 1. The third-order valence-electron chi connectivity index (χ3n) is 2.55. The van der Waals surface area contributed by atoms with Crippen molar-refractivity contribution in [1.29, 1.82) is 0 Å². The van der Waals surface area contributed by atoms with E-state index in [9.17, 15) is 9.00 Å². The van der Waals surface area contributed by atoms with Crippen LogP contribution in [0.1, 0.15) is 30.8 Å². The van der Waals surface area contributed by atoms with E-state index in [2.05, 4.69) is 15.6 Å². The van der Waals surface area contributed by atoms with Crippen LogP contribution in [0.15, 0.2) is 12.1 Å². The van der Waals surface area contributed by atoms with E-state index >= 15 is 0 Å². The van der Waals surface area contributed by atoms with Gasteiger partial charge in [-0.05, 0) is 18.6 Å². The van der Waals surface area contributed by atoms with Gasteiger partial charge in [0.05, 0.1) is 5.02 Å². The first-order valence-electron chi connectivity index (χ1n) is 6.62. The normalized spacial score (nSPS) is 11.9. The number of nitrogens with one attached hydrogen (secondary N) is 2. The molecule has 1 aromatic rings. The average Bonchev–Trinajstić information content (AvgIpc) is 2.45. The van der Waals surface area contributed by atoms with Crippen molar-refractivity contribution < 1.29 is 9.00 Å². The number of carbonyl (C=O) groups excluding carboxylic acids is 1. The van der Waals surface area contributed by atoms with Crippen molar-refractivity contribution in [2.24, 2.45) is 0 Å². The van der Waals surface area contributed by atoms with Crippen LogP contribution in [-0.2, 0) is 10.8 Å². The zero-order valence-electron chi connectivity index (χ0n) is 11.7. The van der Waals surface area contributed by atoms with Gasteiger partial charge in [-0.25, -0.2) is 4.98 Å². The van der Waals surface area contributed by atoms with Crippen molar-refractivity contribution in [3.8, 4) is 0 Å². The molecule has 1 unspecified atom stereocenters. The highest BCUT2D eigenvalue weighted by Gasteiger charge is 2.13. The summed E-state index contributed by atoms with van der Waals surface area (Å²) in [5, 5.41) is 6.09. The van der Waals surface area contributed by atoms with Crippen LogP contribution in [0.25, 0.3) is 0 Å². The first-order chi connectivity index (χ1) is 9.58. The fraction of sp³-hybridized carbons (Fsp3) is 0.538. The van der Waals surface area contributed by atoms with E-state index in [1.54, 1.807) is 12.1 Å². The average molecular weight is 318 g/mol. The Morgan fingerprint density at radius 1 is 1.35 bits per heavy atom. The van der Waals surface area contributed by atoms with Crippen LogP contribution in [0.3, 0.4) is 0 Å². The highest BCUT2D eigenvalue weighted by atomic mass is 35.5. The van der Waals surface area contributed by atoms with Gasteiger partial charge in [-0.1, -0.05) is 25.4 Å². The first-order valence-corrected chi connectivity index (χ1v) is 8.48. The Morgan fingerprint density at radius 2 is 2.10 bits per heavy atom. The number of halogens is 1. The SMILES string of the molecule is CCCNc1ccc(Cl)c(C(=O)NCCS(=O)CC)n1. The Morgan fingerprint density at radius 3 is 2.75 bits per heavy atom. The number of anilines is 1. The molecule has 0 saturated carbocycles. The van der Waals surface area contributed by atoms with Crippen molar-refractivity contribution in [3.05, 3.63) is 22.8 Å². The lowest BCUT2D eigenvalue weighted by Crippen LogP contribution is -2.29. The Bertz CT molecular complexity index is 483. The molecule has 112 valence electrons. The van der Waals surface area contributed by atoms with Crippen LogP contribution in [-0.4, -0.2) is 39.7 Å². The van der Waals surface area contributed by atoms with E-state index in [0.29, 0.717) is 28.9 Å². The van der Waals surface area contributed by atoms with Crippen LogP contribution in [0.2, 0.25) is 5.02 Å². The Hall–Kier alpha value is -1.14. The topological polar surface area (TPSA) is 71.1 Å². The number of hydrogen-bond donors (Lipinski definition) is 2. The molecule has 1 rings (SSSR count). The van der Waals surface area contributed by atoms with Gasteiger partial charge in [0.25, 0.3) is 5.91 Å². The molecule has 20 heavy (non-hydrogen) atoms. The van der Waals surface area contributed by atoms with Gasteiger partial charge in [-0.3, -0.25) is 9.00 Å². The van der Waals surface area contributed by atoms with E-state index in [0.717, 1.165) is 13.0 Å². The maximum atomic E-state index is 12.0. The van der Waals surface area contributed by atoms with Crippen molar-refractivity contribution in [3.63, 3.8) is 0 Å². The molecule has 0 aliphatic carbocycles. The Labute approximate surface area is 127 Å². The molecular weight excluding hydrogens is 298 g/mol. The number of hydrogen-bond acceptors (Lipinski definition) is 4. The van der Waals surface area contributed by atoms with Crippen molar-refractivity contribution in [2.45, 2.75) is 20.3 Å². The zero-order chi connectivity index (χ0) is 15.0. The highest BCUT2D eigenvalue weighted by molar-refractivity contribution is 7.84. The van der Waals surface area contributed by atoms with E-state index in [-0.39, 0.29) is 11.6 Å². The maximum Gasteiger partial charge on any atom is 0.271 e. The third kappa shape index (κ3) is 5.46. The second-order valence-electron chi connectivity index (χ2n) is 4.14. The minimum Gasteiger partial charge on any atom is -0.370 e. The van der Waals surface area contributed by atoms with E-state index in [1.165, 1.54) is 0 Å². The molecule has 5 nitrogen and oxygen atoms in total. The zero-order valence-corrected chi connectivity index (χ0v) is 13.3. The summed E-state index contributed by atoms with van der Waals surface area (Å²) in [7, 11) is -0.894. The van der Waals surface area contributed by atoms with Crippen molar-refractivity contribution >= 4 is 34.1 Å². The smallest absolute Gasteiger partial charge is 0.271 e. The maximum absolute atomic E-state index is 12.0. The molecule has 2 N–H and O–H groups in total. The second kappa shape index (κ2) is 8.92. The fourth-order valence-corrected chi connectivity index (χ4v) is 2.27. The van der Waals surface area contributed by atoms with E-state index in [4.69, 9.17) is 11.6 Å². The van der Waals surface area contributed by atoms with Crippen LogP contribution in [0.4, 0.5) is 5.82 Å². The molecule has 0 spiro atoms. The predicted molar refractivity (Wildman–Crippen MR) is 83.9 cm³/mol. The molecule has 1 atom stereocenters. The second-order valence-corrected chi connectivity index (χ2v) is 6.41. The van der Waals surface area contributed by atoms with Crippen LogP contribution in [0, 0.1) is 0 Å². The quantitative estimate of drug-likeness (QED) is 0.770. The van der Waals surface area contributed by atoms with Gasteiger partial charge >= 0.3 is 0 Å². The number of amides is 1. The Balaban J connectivity index is 2.64. The van der Waals surface area contributed by atoms with Gasteiger partial charge < -0.3 is 10.6 Å². The van der Waals surface area contributed by atoms with Gasteiger partial charge in [0.1, 0.15) is 11.5 Å². The summed E-state index contributed by atoms with van der Waals surface area (Å²) in [6.07, 6.45) is 0.967. The molecule has 1 heterocycles. The molecule has 1 aromatic heterocycles. The summed E-state index contributed by atoms with van der Waals surface area (Å²) in [4.78, 5) is 16.2. The van der Waals surface area contributed by atoms with E-state index in [1.807, 2.05) is 13.8 Å². The number of carbonyl (C=O) groups is 1. The number of aromatic nitrogens is 1. The monoisotopic (exact) mass is 317 g/mol. The van der Waals surface area contributed by atoms with E-state index < -0.39 is 10.8 Å². The van der Waals surface area contributed by atoms with Crippen molar-refractivity contribution in [2.75, 3.05) is 29.9 Å². The lowest BCUT2D eigenvalue weighted by Gasteiger charge is -2.09. The molecule has 1 amide bonds. The summed E-state index contributed by atoms with van der Waals surface area (Å²) in [5.41, 5.74) is 0.190. The molecule has 0 aliphatic rings. The van der Waals surface area contributed by atoms with Crippen LogP contribution < -0.4 is 10.6 Å². The molecule has 0 aliphatic heterocycles. The van der Waals surface area contributed by atoms with Gasteiger partial charge in [-0.15, -0.1) is 0 Å². The number of nitrogens with zero attached hydrogens (tertiary/aromatic N) is 1. The molecular formula is C13H20ClN3O2S. The first kappa shape index (κ1) is 16.9. The van der Waals surface area contributed by atoms with Crippen LogP contribution in [0.5, 0.6) is 0 Å². The predicted octanol–water partition coefficient (Wildman–Crippen LogP) is 2.06. The lowest BCUT2D eigenvalue weighted by atomic mass is 10.3. The van der Waals surface area contributed by atoms with Gasteiger partial charge in [0.15, 0.2) is 0 Å². The van der Waals surface area contributed by atoms with Crippen molar-refractivity contribution in [1.82, 2.24) is 10.3 Å². The molecule has 0 aromatic carbocycles. The van der Waals surface area contributed by atoms with Gasteiger partial charge in [-0.2, -0.15) is 0 Å². The molecule has 0 saturated heterocycles. The fourth-order valence-electron chi connectivity index (χ4n) is 1.46. The summed E-state index contributed by atoms with van der Waals surface area (Å²) >= 11 is 5.98.